The summed E-state index contributed by atoms with van der Waals surface area (Å²) in [5.74, 6) is 0.655. The second-order valence-corrected chi connectivity index (χ2v) is 5.80. The van der Waals surface area contributed by atoms with Gasteiger partial charge in [-0.05, 0) is 25.0 Å². The predicted molar refractivity (Wildman–Crippen MR) is 79.6 cm³/mol. The minimum atomic E-state index is -0.357. The number of alkyl carbamates (subject to hydrolysis) is 1. The summed E-state index contributed by atoms with van der Waals surface area (Å²) in [6, 6.07) is 7.55. The fourth-order valence-corrected chi connectivity index (χ4v) is 3.04. The fourth-order valence-electron chi connectivity index (χ4n) is 3.04. The van der Waals surface area contributed by atoms with Crippen molar-refractivity contribution in [2.75, 3.05) is 6.54 Å². The minimum Gasteiger partial charge on any atom is -0.443 e. The molecule has 2 aromatic rings. The average molecular weight is 315 g/mol. The van der Waals surface area contributed by atoms with Gasteiger partial charge in [-0.3, -0.25) is 4.98 Å². The highest BCUT2D eigenvalue weighted by Gasteiger charge is 2.37. The Hall–Kier alpha value is -2.41. The van der Waals surface area contributed by atoms with E-state index in [1.165, 1.54) is 0 Å². The van der Waals surface area contributed by atoms with Crippen LogP contribution in [0.15, 0.2) is 35.0 Å². The first-order valence-corrected chi connectivity index (χ1v) is 7.75. The Kier molecular flexibility index (Phi) is 3.70. The van der Waals surface area contributed by atoms with Crippen LogP contribution in [0.5, 0.6) is 0 Å². The first-order valence-electron chi connectivity index (χ1n) is 7.75. The van der Waals surface area contributed by atoms with Crippen molar-refractivity contribution in [1.82, 2.24) is 15.5 Å². The summed E-state index contributed by atoms with van der Waals surface area (Å²) in [4.78, 5) is 15.5. The Morgan fingerprint density at radius 2 is 2.22 bits per heavy atom. The number of hydrogen-bond acceptors (Lipinski definition) is 6. The first kappa shape index (κ1) is 14.2. The molecule has 0 aliphatic carbocycles. The number of carbonyl (C=O) groups excluding carboxylic acids is 1. The van der Waals surface area contributed by atoms with Gasteiger partial charge in [0, 0.05) is 18.7 Å². The van der Waals surface area contributed by atoms with E-state index in [0.717, 1.165) is 24.2 Å². The van der Waals surface area contributed by atoms with Gasteiger partial charge in [-0.25, -0.2) is 4.79 Å². The molecule has 2 fully saturated rings. The predicted octanol–water partition coefficient (Wildman–Crippen LogP) is 1.94. The number of aromatic nitrogens is 2. The van der Waals surface area contributed by atoms with E-state index in [0.29, 0.717) is 18.7 Å². The summed E-state index contributed by atoms with van der Waals surface area (Å²) in [6.45, 7) is 0.498. The smallest absolute Gasteiger partial charge is 0.407 e. The Balaban J connectivity index is 1.40. The van der Waals surface area contributed by atoms with E-state index in [9.17, 15) is 4.79 Å². The number of hydrogen-bond donors (Lipinski definition) is 1. The summed E-state index contributed by atoms with van der Waals surface area (Å²) >= 11 is 0. The van der Waals surface area contributed by atoms with Gasteiger partial charge in [0.15, 0.2) is 5.76 Å². The second-order valence-electron chi connectivity index (χ2n) is 5.80. The summed E-state index contributed by atoms with van der Waals surface area (Å²) in [5, 5.41) is 6.77. The van der Waals surface area contributed by atoms with Gasteiger partial charge < -0.3 is 19.3 Å². The van der Waals surface area contributed by atoms with Gasteiger partial charge in [0.25, 0.3) is 0 Å². The number of amides is 1. The van der Waals surface area contributed by atoms with Crippen LogP contribution in [0.2, 0.25) is 0 Å². The molecular weight excluding hydrogens is 298 g/mol. The number of ether oxygens (including phenoxy) is 2. The third-order valence-electron chi connectivity index (χ3n) is 4.17. The van der Waals surface area contributed by atoms with Crippen molar-refractivity contribution in [2.45, 2.75) is 37.6 Å². The highest BCUT2D eigenvalue weighted by atomic mass is 16.6. The van der Waals surface area contributed by atoms with Crippen LogP contribution in [-0.2, 0) is 15.9 Å². The van der Waals surface area contributed by atoms with E-state index < -0.39 is 0 Å². The average Bonchev–Trinajstić information content (AvgIpc) is 3.04. The molecule has 0 unspecified atom stereocenters. The third kappa shape index (κ3) is 3.05. The van der Waals surface area contributed by atoms with Gasteiger partial charge >= 0.3 is 6.09 Å². The van der Waals surface area contributed by atoms with E-state index in [1.54, 1.807) is 6.20 Å². The fraction of sp³-hybridized carbons (Fsp3) is 0.438. The van der Waals surface area contributed by atoms with Gasteiger partial charge in [0.2, 0.25) is 0 Å². The molecule has 2 saturated heterocycles. The molecule has 2 aromatic heterocycles. The van der Waals surface area contributed by atoms with Crippen LogP contribution in [0.25, 0.3) is 11.5 Å². The van der Waals surface area contributed by atoms with Gasteiger partial charge in [0.05, 0.1) is 18.3 Å². The normalized spacial score (nSPS) is 27.0. The standard InChI is InChI=1S/C16H17N3O4/c20-16-18-9-15-13(22-16)5-4-11(21-15)7-10-8-14(23-19-10)12-3-1-2-6-17-12/h1-3,6,8,11,13,15H,4-5,7,9H2,(H,18,20)/t11-,13-,15+/m0/s1. The summed E-state index contributed by atoms with van der Waals surface area (Å²) < 4.78 is 16.6. The molecule has 120 valence electrons. The lowest BCUT2D eigenvalue weighted by Crippen LogP contribution is -2.53. The van der Waals surface area contributed by atoms with Crippen molar-refractivity contribution in [3.05, 3.63) is 36.2 Å². The van der Waals surface area contributed by atoms with E-state index >= 15 is 0 Å². The number of carbonyl (C=O) groups is 1. The zero-order valence-corrected chi connectivity index (χ0v) is 12.5. The monoisotopic (exact) mass is 315 g/mol. The molecule has 3 atom stereocenters. The van der Waals surface area contributed by atoms with E-state index in [1.807, 2.05) is 24.3 Å². The Labute approximate surface area is 133 Å². The molecule has 1 N–H and O–H groups in total. The maximum Gasteiger partial charge on any atom is 0.407 e. The molecule has 0 saturated carbocycles. The highest BCUT2D eigenvalue weighted by molar-refractivity contribution is 5.68. The van der Waals surface area contributed by atoms with Crippen LogP contribution in [0.4, 0.5) is 4.79 Å². The lowest BCUT2D eigenvalue weighted by molar-refractivity contribution is -0.129. The molecule has 0 radical (unpaired) electrons. The number of pyridine rings is 1. The van der Waals surface area contributed by atoms with Crippen molar-refractivity contribution in [2.24, 2.45) is 0 Å². The zero-order chi connectivity index (χ0) is 15.6. The summed E-state index contributed by atoms with van der Waals surface area (Å²) in [7, 11) is 0. The lowest BCUT2D eigenvalue weighted by atomic mass is 9.97. The zero-order valence-electron chi connectivity index (χ0n) is 12.5. The van der Waals surface area contributed by atoms with Crippen molar-refractivity contribution in [3.8, 4) is 11.5 Å². The second kappa shape index (κ2) is 6.00. The quantitative estimate of drug-likeness (QED) is 0.931. The van der Waals surface area contributed by atoms with E-state index in [-0.39, 0.29) is 24.4 Å². The van der Waals surface area contributed by atoms with Crippen LogP contribution in [0.3, 0.4) is 0 Å². The summed E-state index contributed by atoms with van der Waals surface area (Å²) in [6.07, 6.45) is 3.51. The first-order chi connectivity index (χ1) is 11.3. The van der Waals surface area contributed by atoms with Crippen molar-refractivity contribution >= 4 is 6.09 Å². The lowest BCUT2D eigenvalue weighted by Gasteiger charge is -2.38. The van der Waals surface area contributed by atoms with Gasteiger partial charge in [0.1, 0.15) is 17.9 Å². The van der Waals surface area contributed by atoms with Crippen LogP contribution in [-0.4, -0.2) is 41.1 Å². The highest BCUT2D eigenvalue weighted by Crippen LogP contribution is 2.27. The van der Waals surface area contributed by atoms with Crippen LogP contribution >= 0.6 is 0 Å². The van der Waals surface area contributed by atoms with E-state index in [2.05, 4.69) is 15.5 Å². The Morgan fingerprint density at radius 1 is 1.26 bits per heavy atom. The minimum absolute atomic E-state index is 0.0523. The van der Waals surface area contributed by atoms with Crippen LogP contribution < -0.4 is 5.32 Å². The van der Waals surface area contributed by atoms with Crippen molar-refractivity contribution < 1.29 is 18.8 Å². The van der Waals surface area contributed by atoms with Crippen molar-refractivity contribution in [1.29, 1.82) is 0 Å². The topological polar surface area (TPSA) is 86.5 Å². The number of fused-ring (bicyclic) bond motifs is 1. The molecule has 7 nitrogen and oxygen atoms in total. The number of nitrogens with one attached hydrogen (secondary N) is 1. The van der Waals surface area contributed by atoms with Crippen LogP contribution in [0, 0.1) is 0 Å². The maximum absolute atomic E-state index is 11.2. The molecule has 2 aliphatic heterocycles. The molecular formula is C16H17N3O4. The molecule has 1 amide bonds. The van der Waals surface area contributed by atoms with Crippen LogP contribution in [0.1, 0.15) is 18.5 Å². The molecule has 0 bridgehead atoms. The molecule has 2 aliphatic rings. The number of rotatable bonds is 3. The molecule has 4 rings (SSSR count). The molecule has 0 spiro atoms. The number of nitrogens with zero attached hydrogens (tertiary/aromatic N) is 2. The SMILES string of the molecule is O=C1NC[C@H]2O[C@H](Cc3cc(-c4ccccn4)on3)CC[C@@H]2O1. The van der Waals surface area contributed by atoms with E-state index in [4.69, 9.17) is 14.0 Å². The van der Waals surface area contributed by atoms with Gasteiger partial charge in [-0.1, -0.05) is 11.2 Å². The van der Waals surface area contributed by atoms with Crippen molar-refractivity contribution in [3.63, 3.8) is 0 Å². The molecule has 4 heterocycles. The maximum atomic E-state index is 11.2. The molecule has 0 aromatic carbocycles. The largest absolute Gasteiger partial charge is 0.443 e. The molecule has 7 heteroatoms. The van der Waals surface area contributed by atoms with Gasteiger partial charge in [-0.2, -0.15) is 0 Å². The Morgan fingerprint density at radius 3 is 3.09 bits per heavy atom. The third-order valence-corrected chi connectivity index (χ3v) is 4.17. The van der Waals surface area contributed by atoms with Gasteiger partial charge in [-0.15, -0.1) is 0 Å². The Bertz CT molecular complexity index is 688. The molecule has 23 heavy (non-hydrogen) atoms. The summed E-state index contributed by atoms with van der Waals surface area (Å²) in [5.41, 5.74) is 1.61.